The monoisotopic (exact) mass is 1630 g/mol. The molecule has 646 valence electrons. The number of hydrogen-bond donors (Lipinski definition) is 6. The molecule has 1 aliphatic rings. The molecule has 0 aliphatic heterocycles. The lowest BCUT2D eigenvalue weighted by Crippen LogP contribution is -2.37. The van der Waals surface area contributed by atoms with Crippen molar-refractivity contribution in [2.75, 3.05) is 16.5 Å². The number of rotatable bonds is 20. The number of anilines is 3. The third kappa shape index (κ3) is 21.7. The number of nitrogens with zero attached hydrogens (tertiary/aromatic N) is 2. The lowest BCUT2D eigenvalue weighted by molar-refractivity contribution is 0.421. The summed E-state index contributed by atoms with van der Waals surface area (Å²) in [6.07, 6.45) is 9.36. The quantitative estimate of drug-likeness (QED) is 0.0417. The van der Waals surface area contributed by atoms with Gasteiger partial charge in [-0.15, -0.1) is 0 Å². The van der Waals surface area contributed by atoms with Crippen molar-refractivity contribution in [2.24, 2.45) is 5.92 Å². The van der Waals surface area contributed by atoms with Crippen LogP contribution in [0.2, 0.25) is 0 Å². The fourth-order valence-corrected chi connectivity index (χ4v) is 17.5. The molecule has 8 heteroatoms. The van der Waals surface area contributed by atoms with Crippen molar-refractivity contribution in [1.29, 1.82) is 0 Å². The van der Waals surface area contributed by atoms with Gasteiger partial charge in [-0.25, -0.2) is 0 Å². The Balaban J connectivity index is 1.29. The SMILES string of the molecule is C=C(C)c1cc(CC2=CC(Cc3cc(C(C)(C)C)c(O)c(C(C)(C)C)c3)CC=C2N(CN(c2ccc(Cc3cc(C(=C)C)c(O)c(C(C)(C)C)c3)cc2)c2ccc(Cc3cc(C(C)(C)C)c(O)c(C(C)(C)C)c3)cc2Cc2cc(C(C)(C)C)c(O)c(C(C)(C)C)c2)c2ccc(Cc3cc(C(C)(C)C)c(O)c(C(C)(C)C)c3)cc2)cc(C(C)(C)C)c1O. The summed E-state index contributed by atoms with van der Waals surface area (Å²) in [5.41, 5.74) is 24.9. The fourth-order valence-electron chi connectivity index (χ4n) is 17.5. The minimum atomic E-state index is -0.411. The summed E-state index contributed by atoms with van der Waals surface area (Å²) in [6.45, 7) is 78.3. The van der Waals surface area contributed by atoms with Crippen LogP contribution in [0.4, 0.5) is 17.1 Å². The van der Waals surface area contributed by atoms with Crippen LogP contribution >= 0.6 is 0 Å². The molecule has 0 bridgehead atoms. The van der Waals surface area contributed by atoms with Crippen molar-refractivity contribution < 1.29 is 30.6 Å². The molecule has 0 fully saturated rings. The van der Waals surface area contributed by atoms with Gasteiger partial charge in [0.05, 0.1) is 6.67 Å². The zero-order chi connectivity index (χ0) is 90.3. The van der Waals surface area contributed by atoms with Crippen molar-refractivity contribution in [3.63, 3.8) is 0 Å². The number of hydrogen-bond acceptors (Lipinski definition) is 8. The predicted octanol–water partition coefficient (Wildman–Crippen LogP) is 29.2. The fraction of sp³-hybridized carbons (Fsp3) is 0.451. The van der Waals surface area contributed by atoms with Gasteiger partial charge in [-0.3, -0.25) is 0 Å². The van der Waals surface area contributed by atoms with E-state index in [2.05, 4.69) is 382 Å². The van der Waals surface area contributed by atoms with Crippen molar-refractivity contribution in [3.8, 4) is 34.5 Å². The molecule has 0 radical (unpaired) electrons. The van der Waals surface area contributed by atoms with Gasteiger partial charge >= 0.3 is 0 Å². The molecule has 0 saturated heterocycles. The lowest BCUT2D eigenvalue weighted by atomic mass is 9.77. The molecule has 8 nitrogen and oxygen atoms in total. The first-order valence-electron chi connectivity index (χ1n) is 44.2. The second-order valence-electron chi connectivity index (χ2n) is 46.0. The first-order valence-corrected chi connectivity index (χ1v) is 44.2. The molecule has 9 aromatic carbocycles. The van der Waals surface area contributed by atoms with Gasteiger partial charge in [-0.2, -0.15) is 0 Å². The van der Waals surface area contributed by atoms with E-state index in [0.29, 0.717) is 68.2 Å². The van der Waals surface area contributed by atoms with Crippen LogP contribution in [0.5, 0.6) is 34.5 Å². The Morgan fingerprint density at radius 2 is 0.562 bits per heavy atom. The summed E-state index contributed by atoms with van der Waals surface area (Å²) in [4.78, 5) is 5.05. The highest BCUT2D eigenvalue weighted by molar-refractivity contribution is 5.75. The lowest BCUT2D eigenvalue weighted by Gasteiger charge is -2.38. The highest BCUT2D eigenvalue weighted by Crippen LogP contribution is 2.49. The van der Waals surface area contributed by atoms with Gasteiger partial charge in [0.1, 0.15) is 34.5 Å². The van der Waals surface area contributed by atoms with Crippen LogP contribution in [0.15, 0.2) is 176 Å². The summed E-state index contributed by atoms with van der Waals surface area (Å²) in [5, 5.41) is 72.8. The van der Waals surface area contributed by atoms with Gasteiger partial charge in [-0.1, -0.05) is 330 Å². The molecule has 0 aromatic heterocycles. The maximum absolute atomic E-state index is 12.5. The van der Waals surface area contributed by atoms with E-state index in [4.69, 9.17) is 0 Å². The van der Waals surface area contributed by atoms with Gasteiger partial charge in [0.2, 0.25) is 0 Å². The number of benzene rings is 9. The van der Waals surface area contributed by atoms with Crippen LogP contribution in [-0.2, 0) is 92.7 Å². The topological polar surface area (TPSA) is 128 Å². The first-order chi connectivity index (χ1) is 55.4. The molecule has 0 saturated carbocycles. The predicted molar refractivity (Wildman–Crippen MR) is 517 cm³/mol. The number of aromatic hydroxyl groups is 6. The standard InChI is InChI=1S/C113H148N2O6/c1-68(2)84-55-74(57-86(98(84)116)104(5,6)7)47-70-35-41-82(42-36-70)115(97-46-40-73(50-77-62-92(110(23,24)25)102(120)93(63-77)111(26,27)28)52-81(97)54-79-65-94(112(29,30)31)103(121)95(66-79)113(32,33)34)67-114(83-43-37-71(38-44-83)48-75-58-88(106(11,12)13)100(118)89(59-75)107(14,15)16)96-45-39-72(49-76-60-90(108(17,18)19)101(119)91(61-76)109(20,21)22)51-80(96)53-78-56-85(69(3)4)99(117)87(64-78)105(8,9)10/h35-38,40-46,51-52,55-66,72,116-121H,1,3,39,47-50,53-54,67H2,2,4-34H3. The van der Waals surface area contributed by atoms with Crippen LogP contribution in [0, 0.1) is 5.92 Å². The van der Waals surface area contributed by atoms with Crippen molar-refractivity contribution in [3.05, 3.63) is 299 Å². The van der Waals surface area contributed by atoms with Crippen LogP contribution in [-0.4, -0.2) is 37.3 Å². The molecule has 6 N–H and O–H groups in total. The molecule has 0 spiro atoms. The van der Waals surface area contributed by atoms with Gasteiger partial charge in [0.25, 0.3) is 0 Å². The summed E-state index contributed by atoms with van der Waals surface area (Å²) in [5.74, 6) is 2.00. The van der Waals surface area contributed by atoms with E-state index >= 15 is 0 Å². The summed E-state index contributed by atoms with van der Waals surface area (Å²) >= 11 is 0. The average molecular weight is 1630 g/mol. The van der Waals surface area contributed by atoms with Gasteiger partial charge in [-0.05, 0) is 278 Å². The normalized spacial score (nSPS) is 14.3. The van der Waals surface area contributed by atoms with E-state index < -0.39 is 16.2 Å². The highest BCUT2D eigenvalue weighted by Gasteiger charge is 2.36. The minimum absolute atomic E-state index is 0.0467. The molecule has 9 aromatic rings. The Hall–Kier alpha value is -9.66. The molecule has 1 unspecified atom stereocenters. The maximum Gasteiger partial charge on any atom is 0.126 e. The molecule has 0 amide bonds. The molecule has 121 heavy (non-hydrogen) atoms. The summed E-state index contributed by atoms with van der Waals surface area (Å²) in [6, 6.07) is 51.7. The molecule has 1 atom stereocenters. The van der Waals surface area contributed by atoms with Crippen LogP contribution < -0.4 is 9.80 Å². The molecule has 10 rings (SSSR count). The van der Waals surface area contributed by atoms with E-state index in [1.54, 1.807) is 0 Å². The Morgan fingerprint density at radius 1 is 0.298 bits per heavy atom. The van der Waals surface area contributed by atoms with E-state index in [0.717, 1.165) is 163 Å². The second kappa shape index (κ2) is 33.9. The Kier molecular flexibility index (Phi) is 26.2. The Labute approximate surface area is 730 Å². The maximum atomic E-state index is 12.5. The van der Waals surface area contributed by atoms with E-state index in [1.807, 2.05) is 13.8 Å². The second-order valence-corrected chi connectivity index (χ2v) is 46.0. The van der Waals surface area contributed by atoms with Crippen LogP contribution in [0.3, 0.4) is 0 Å². The summed E-state index contributed by atoms with van der Waals surface area (Å²) < 4.78 is 0. The van der Waals surface area contributed by atoms with Crippen LogP contribution in [0.25, 0.3) is 11.1 Å². The van der Waals surface area contributed by atoms with Crippen molar-refractivity contribution >= 4 is 28.2 Å². The smallest absolute Gasteiger partial charge is 0.126 e. The third-order valence-electron chi connectivity index (χ3n) is 24.4. The van der Waals surface area contributed by atoms with Crippen molar-refractivity contribution in [2.45, 2.75) is 321 Å². The Morgan fingerprint density at radius 3 is 0.876 bits per heavy atom. The number of phenols is 6. The van der Waals surface area contributed by atoms with Gasteiger partial charge < -0.3 is 40.4 Å². The molecular weight excluding hydrogens is 1480 g/mol. The van der Waals surface area contributed by atoms with Gasteiger partial charge in [0, 0.05) is 45.0 Å². The van der Waals surface area contributed by atoms with Crippen molar-refractivity contribution in [1.82, 2.24) is 0 Å². The van der Waals surface area contributed by atoms with E-state index in [1.165, 1.54) is 5.56 Å². The first kappa shape index (κ1) is 93.6. The van der Waals surface area contributed by atoms with E-state index in [9.17, 15) is 30.6 Å². The zero-order valence-corrected chi connectivity index (χ0v) is 80.2. The molecule has 0 heterocycles. The number of allylic oxidation sites excluding steroid dienone is 5. The highest BCUT2D eigenvalue weighted by atomic mass is 16.3. The molecule has 1 aliphatic carbocycles. The average Bonchev–Trinajstić information content (AvgIpc) is 0.778. The minimum Gasteiger partial charge on any atom is -0.507 e. The largest absolute Gasteiger partial charge is 0.507 e. The zero-order valence-electron chi connectivity index (χ0n) is 80.2. The third-order valence-corrected chi connectivity index (χ3v) is 24.4. The molecular formula is C113H148N2O6. The Bertz CT molecular complexity index is 5300. The van der Waals surface area contributed by atoms with E-state index in [-0.39, 0.29) is 55.3 Å². The summed E-state index contributed by atoms with van der Waals surface area (Å²) in [7, 11) is 0. The van der Waals surface area contributed by atoms with Gasteiger partial charge in [0.15, 0.2) is 0 Å². The number of phenolic OH excluding ortho intramolecular Hbond substituents is 6. The van der Waals surface area contributed by atoms with Crippen LogP contribution in [0.1, 0.15) is 350 Å².